The van der Waals surface area contributed by atoms with Crippen LogP contribution in [0.4, 0.5) is 10.1 Å². The van der Waals surface area contributed by atoms with Crippen molar-refractivity contribution in [3.8, 4) is 0 Å². The number of hydrogen-bond donors (Lipinski definition) is 2. The largest absolute Gasteiger partial charge is 0.399 e. The molecule has 0 unspecified atom stereocenters. The van der Waals surface area contributed by atoms with Crippen molar-refractivity contribution in [1.29, 1.82) is 0 Å². The number of amides is 1. The monoisotopic (exact) mass is 303 g/mol. The van der Waals surface area contributed by atoms with E-state index in [0.29, 0.717) is 6.54 Å². The van der Waals surface area contributed by atoms with Gasteiger partial charge in [0, 0.05) is 19.3 Å². The summed E-state index contributed by atoms with van der Waals surface area (Å²) in [7, 11) is -2.88. The number of sulfonamides is 1. The minimum atomic E-state index is -4.09. The van der Waals surface area contributed by atoms with Crippen molar-refractivity contribution in [2.75, 3.05) is 25.9 Å². The average Bonchev–Trinajstić information content (AvgIpc) is 2.38. The molecule has 0 spiro atoms. The second-order valence-electron chi connectivity index (χ2n) is 4.30. The summed E-state index contributed by atoms with van der Waals surface area (Å²) in [6.45, 7) is 1.96. The summed E-state index contributed by atoms with van der Waals surface area (Å²) in [5.41, 5.74) is 5.60. The molecule has 0 aliphatic rings. The van der Waals surface area contributed by atoms with Crippen molar-refractivity contribution < 1.29 is 17.6 Å². The Morgan fingerprint density at radius 3 is 2.70 bits per heavy atom. The Hall–Kier alpha value is -1.67. The minimum absolute atomic E-state index is 0.133. The first kappa shape index (κ1) is 16.4. The lowest BCUT2D eigenvalue weighted by atomic mass is 10.3. The Bertz CT molecular complexity index is 590. The first-order chi connectivity index (χ1) is 9.28. The van der Waals surface area contributed by atoms with Crippen molar-refractivity contribution in [1.82, 2.24) is 9.62 Å². The fraction of sp³-hybridized carbons (Fsp3) is 0.417. The number of halogens is 1. The highest BCUT2D eigenvalue weighted by molar-refractivity contribution is 7.89. The fourth-order valence-electron chi connectivity index (χ4n) is 1.49. The van der Waals surface area contributed by atoms with E-state index in [0.717, 1.165) is 22.9 Å². The quantitative estimate of drug-likeness (QED) is 0.751. The van der Waals surface area contributed by atoms with E-state index in [-0.39, 0.29) is 12.2 Å². The summed E-state index contributed by atoms with van der Waals surface area (Å²) in [6, 6.07) is 3.28. The number of rotatable bonds is 6. The van der Waals surface area contributed by atoms with E-state index in [1.54, 1.807) is 0 Å². The van der Waals surface area contributed by atoms with Crippen LogP contribution in [0.5, 0.6) is 0 Å². The predicted molar refractivity (Wildman–Crippen MR) is 73.9 cm³/mol. The number of anilines is 1. The molecular formula is C12H18FN3O3S. The van der Waals surface area contributed by atoms with Gasteiger partial charge in [-0.15, -0.1) is 0 Å². The lowest BCUT2D eigenvalue weighted by Crippen LogP contribution is -2.38. The molecule has 1 amide bonds. The summed E-state index contributed by atoms with van der Waals surface area (Å²) in [4.78, 5) is 11.0. The second kappa shape index (κ2) is 6.67. The Labute approximate surface area is 117 Å². The summed E-state index contributed by atoms with van der Waals surface area (Å²) in [5, 5.41) is 2.55. The molecule has 0 bridgehead atoms. The Morgan fingerprint density at radius 2 is 2.10 bits per heavy atom. The normalized spacial score (nSPS) is 11.6. The molecule has 0 heterocycles. The highest BCUT2D eigenvalue weighted by atomic mass is 32.2. The number of nitrogens with two attached hydrogens (primary N) is 1. The van der Waals surface area contributed by atoms with Crippen LogP contribution in [0.25, 0.3) is 0 Å². The number of carbonyl (C=O) groups is 1. The summed E-state index contributed by atoms with van der Waals surface area (Å²) in [6.07, 6.45) is 0.742. The fourth-order valence-corrected chi connectivity index (χ4v) is 2.72. The van der Waals surface area contributed by atoms with Crippen LogP contribution in [-0.2, 0) is 14.8 Å². The molecule has 0 aliphatic carbocycles. The molecule has 20 heavy (non-hydrogen) atoms. The van der Waals surface area contributed by atoms with Gasteiger partial charge < -0.3 is 11.1 Å². The molecule has 1 aromatic carbocycles. The van der Waals surface area contributed by atoms with Gasteiger partial charge in [-0.05, 0) is 24.6 Å². The topological polar surface area (TPSA) is 92.5 Å². The number of carbonyl (C=O) groups excluding carboxylic acids is 1. The first-order valence-corrected chi connectivity index (χ1v) is 7.51. The highest BCUT2D eigenvalue weighted by Gasteiger charge is 2.26. The van der Waals surface area contributed by atoms with Crippen LogP contribution in [0.15, 0.2) is 23.1 Å². The number of likely N-dealkylation sites (N-methyl/N-ethyl adjacent to an activating group) is 1. The molecule has 0 radical (unpaired) electrons. The zero-order chi connectivity index (χ0) is 15.3. The molecule has 1 rings (SSSR count). The molecule has 112 valence electrons. The Balaban J connectivity index is 2.93. The molecule has 0 aromatic heterocycles. The van der Waals surface area contributed by atoms with Gasteiger partial charge in [0.2, 0.25) is 15.9 Å². The smallest absolute Gasteiger partial charge is 0.246 e. The third-order valence-electron chi connectivity index (χ3n) is 2.58. The highest BCUT2D eigenvalue weighted by Crippen LogP contribution is 2.20. The van der Waals surface area contributed by atoms with Crippen molar-refractivity contribution in [3.05, 3.63) is 24.0 Å². The van der Waals surface area contributed by atoms with Crippen molar-refractivity contribution >= 4 is 21.6 Å². The van der Waals surface area contributed by atoms with Crippen LogP contribution >= 0.6 is 0 Å². The van der Waals surface area contributed by atoms with E-state index in [4.69, 9.17) is 5.73 Å². The maximum Gasteiger partial charge on any atom is 0.246 e. The SMILES string of the molecule is CCCNC(=O)CN(C)S(=O)(=O)c1cc(N)ccc1F. The number of benzene rings is 1. The van der Waals surface area contributed by atoms with Crippen LogP contribution in [0.1, 0.15) is 13.3 Å². The second-order valence-corrected chi connectivity index (χ2v) is 6.31. The molecule has 3 N–H and O–H groups in total. The van der Waals surface area contributed by atoms with E-state index in [1.165, 1.54) is 13.1 Å². The number of nitrogens with one attached hydrogen (secondary N) is 1. The van der Waals surface area contributed by atoms with Gasteiger partial charge in [0.1, 0.15) is 10.7 Å². The van der Waals surface area contributed by atoms with Gasteiger partial charge in [0.15, 0.2) is 0 Å². The van der Waals surface area contributed by atoms with E-state index in [9.17, 15) is 17.6 Å². The molecule has 0 atom stereocenters. The first-order valence-electron chi connectivity index (χ1n) is 6.07. The third kappa shape index (κ3) is 3.91. The predicted octanol–water partition coefficient (Wildman–Crippen LogP) is 0.555. The van der Waals surface area contributed by atoms with Gasteiger partial charge in [-0.1, -0.05) is 6.92 Å². The van der Waals surface area contributed by atoms with Gasteiger partial charge in [-0.25, -0.2) is 12.8 Å². The molecule has 1 aromatic rings. The maximum absolute atomic E-state index is 13.6. The van der Waals surface area contributed by atoms with Crippen LogP contribution in [0.2, 0.25) is 0 Å². The van der Waals surface area contributed by atoms with Crippen LogP contribution < -0.4 is 11.1 Å². The summed E-state index contributed by atoms with van der Waals surface area (Å²) >= 11 is 0. The lowest BCUT2D eigenvalue weighted by molar-refractivity contribution is -0.121. The van der Waals surface area contributed by atoms with Gasteiger partial charge in [-0.3, -0.25) is 4.79 Å². The molecule has 0 aliphatic heterocycles. The molecule has 0 saturated heterocycles. The molecule has 6 nitrogen and oxygen atoms in total. The Kier molecular flexibility index (Phi) is 5.46. The summed E-state index contributed by atoms with van der Waals surface area (Å²) < 4.78 is 38.7. The Morgan fingerprint density at radius 1 is 1.45 bits per heavy atom. The van der Waals surface area contributed by atoms with Crippen molar-refractivity contribution in [2.24, 2.45) is 0 Å². The zero-order valence-electron chi connectivity index (χ0n) is 11.4. The maximum atomic E-state index is 13.6. The zero-order valence-corrected chi connectivity index (χ0v) is 12.2. The standard InChI is InChI=1S/C12H18FN3O3S/c1-3-6-15-12(17)8-16(2)20(18,19)11-7-9(14)4-5-10(11)13/h4-5,7H,3,6,8,14H2,1-2H3,(H,15,17). The third-order valence-corrected chi connectivity index (χ3v) is 4.40. The van der Waals surface area contributed by atoms with Gasteiger partial charge in [0.25, 0.3) is 0 Å². The lowest BCUT2D eigenvalue weighted by Gasteiger charge is -2.17. The van der Waals surface area contributed by atoms with Crippen LogP contribution in [0.3, 0.4) is 0 Å². The van der Waals surface area contributed by atoms with E-state index >= 15 is 0 Å². The van der Waals surface area contributed by atoms with Gasteiger partial charge in [0.05, 0.1) is 6.54 Å². The minimum Gasteiger partial charge on any atom is -0.399 e. The average molecular weight is 303 g/mol. The van der Waals surface area contributed by atoms with Crippen LogP contribution in [0, 0.1) is 5.82 Å². The van der Waals surface area contributed by atoms with Gasteiger partial charge in [-0.2, -0.15) is 4.31 Å². The van der Waals surface area contributed by atoms with Gasteiger partial charge >= 0.3 is 0 Å². The number of nitrogen functional groups attached to an aromatic ring is 1. The summed E-state index contributed by atoms with van der Waals surface area (Å²) in [5.74, 6) is -1.35. The van der Waals surface area contributed by atoms with E-state index in [1.807, 2.05) is 6.92 Å². The van der Waals surface area contributed by atoms with Crippen molar-refractivity contribution in [3.63, 3.8) is 0 Å². The number of nitrogens with zero attached hydrogens (tertiary/aromatic N) is 1. The molecule has 8 heteroatoms. The molecule has 0 saturated carbocycles. The molecular weight excluding hydrogens is 285 g/mol. The molecule has 0 fully saturated rings. The van der Waals surface area contributed by atoms with Crippen molar-refractivity contribution in [2.45, 2.75) is 18.2 Å². The number of hydrogen-bond acceptors (Lipinski definition) is 4. The van der Waals surface area contributed by atoms with E-state index in [2.05, 4.69) is 5.32 Å². The van der Waals surface area contributed by atoms with E-state index < -0.39 is 26.6 Å². The van der Waals surface area contributed by atoms with Crippen LogP contribution in [-0.4, -0.2) is 38.8 Å².